The van der Waals surface area contributed by atoms with Gasteiger partial charge in [0.25, 0.3) is 0 Å². The first-order valence-corrected chi connectivity index (χ1v) is 20.1. The van der Waals surface area contributed by atoms with E-state index in [1.54, 1.807) is 23.5 Å². The Hall–Kier alpha value is -4.18. The van der Waals surface area contributed by atoms with E-state index in [1.165, 1.54) is 0 Å². The summed E-state index contributed by atoms with van der Waals surface area (Å²) in [6.45, 7) is 0. The molecule has 0 amide bonds. The summed E-state index contributed by atoms with van der Waals surface area (Å²) < 4.78 is 28.8. The molecule has 0 saturated heterocycles. The highest BCUT2D eigenvalue weighted by Gasteiger charge is 2.28. The lowest BCUT2D eigenvalue weighted by atomic mass is 10.2. The molecule has 2 aliphatic heterocycles. The van der Waals surface area contributed by atoms with Crippen molar-refractivity contribution < 1.29 is 9.13 Å². The Morgan fingerprint density at radius 3 is 0.826 bits per heavy atom. The molecular formula is C38H30N2O2P2S2. The molecule has 46 heavy (non-hydrogen) atoms. The number of hydrogen-bond acceptors (Lipinski definition) is 4. The summed E-state index contributed by atoms with van der Waals surface area (Å²) in [5, 5.41) is 6.64. The second-order valence-electron chi connectivity index (χ2n) is 10.9. The molecule has 2 N–H and O–H groups in total. The summed E-state index contributed by atoms with van der Waals surface area (Å²) in [4.78, 5) is 3.80. The van der Waals surface area contributed by atoms with Crippen LogP contribution in [0.4, 0.5) is 11.4 Å². The van der Waals surface area contributed by atoms with Gasteiger partial charge < -0.3 is 10.2 Å². The Labute approximate surface area is 278 Å². The van der Waals surface area contributed by atoms with Crippen molar-refractivity contribution in [3.63, 3.8) is 0 Å². The van der Waals surface area contributed by atoms with Crippen molar-refractivity contribution in [2.24, 2.45) is 0 Å². The molecule has 0 aromatic heterocycles. The lowest BCUT2D eigenvalue weighted by Crippen LogP contribution is -2.00. The van der Waals surface area contributed by atoms with E-state index < -0.39 is 14.6 Å². The van der Waals surface area contributed by atoms with Crippen molar-refractivity contribution in [3.05, 3.63) is 191 Å². The minimum absolute atomic E-state index is 0.714. The average Bonchev–Trinajstić information content (AvgIpc) is 3.10. The second kappa shape index (κ2) is 13.3. The van der Waals surface area contributed by atoms with E-state index in [4.69, 9.17) is 0 Å². The summed E-state index contributed by atoms with van der Waals surface area (Å²) in [6.07, 6.45) is 0. The van der Waals surface area contributed by atoms with E-state index in [0.29, 0.717) is 11.4 Å². The molecule has 0 saturated carbocycles. The first kappa shape index (κ1) is 30.5. The van der Waals surface area contributed by atoms with Gasteiger partial charge in [0.1, 0.15) is 0 Å². The third-order valence-corrected chi connectivity index (χ3v) is 14.2. The Morgan fingerprint density at radius 1 is 0.348 bits per heavy atom. The van der Waals surface area contributed by atoms with E-state index in [1.807, 2.05) is 169 Å². The molecule has 2 aliphatic rings. The minimum Gasteiger partial charge on any atom is -0.330 e. The predicted octanol–water partition coefficient (Wildman–Crippen LogP) is 12.6. The molecule has 226 valence electrons. The quantitative estimate of drug-likeness (QED) is 0.160. The van der Waals surface area contributed by atoms with Crippen LogP contribution in [-0.4, -0.2) is 0 Å². The highest BCUT2D eigenvalue weighted by Crippen LogP contribution is 2.62. The largest absolute Gasteiger partial charge is 0.330 e. The standard InChI is InChI=1S/C38H30N2O2P2S2/c41-43(25-35(29-13-5-1-6-14-29)45-36(26-43)30-15-7-2-8-16-30)39-33-21-23-34(24-22-33)40-44(42)27-37(31-17-9-3-10-18-31)46-38(28-44)32-19-11-4-12-20-32/h1-28H,(H,39,41)(H,40,42). The number of thioether (sulfide) groups is 2. The van der Waals surface area contributed by atoms with Crippen molar-refractivity contribution in [3.8, 4) is 0 Å². The van der Waals surface area contributed by atoms with E-state index in [0.717, 1.165) is 41.9 Å². The van der Waals surface area contributed by atoms with E-state index in [9.17, 15) is 9.13 Å². The number of anilines is 2. The van der Waals surface area contributed by atoms with Gasteiger partial charge in [0, 0.05) is 54.3 Å². The normalized spacial score (nSPS) is 16.7. The zero-order valence-corrected chi connectivity index (χ0v) is 28.1. The van der Waals surface area contributed by atoms with E-state index >= 15 is 0 Å². The molecule has 8 heteroatoms. The van der Waals surface area contributed by atoms with Crippen molar-refractivity contribution in [2.45, 2.75) is 0 Å². The Bertz CT molecular complexity index is 1810. The zero-order valence-electron chi connectivity index (χ0n) is 24.7. The summed E-state index contributed by atoms with van der Waals surface area (Å²) >= 11 is 3.25. The summed E-state index contributed by atoms with van der Waals surface area (Å²) in [7, 11) is -6.24. The number of rotatable bonds is 8. The maximum Gasteiger partial charge on any atom is 0.215 e. The Morgan fingerprint density at radius 2 is 0.587 bits per heavy atom. The van der Waals surface area contributed by atoms with Crippen molar-refractivity contribution >= 4 is 69.1 Å². The molecule has 0 fully saturated rings. The molecule has 0 atom stereocenters. The van der Waals surface area contributed by atoms with Gasteiger partial charge in [0.15, 0.2) is 0 Å². The molecule has 0 radical (unpaired) electrons. The molecule has 5 aromatic rings. The lowest BCUT2D eigenvalue weighted by Gasteiger charge is -2.24. The van der Waals surface area contributed by atoms with Gasteiger partial charge in [-0.1, -0.05) is 145 Å². The smallest absolute Gasteiger partial charge is 0.215 e. The molecule has 5 aromatic carbocycles. The highest BCUT2D eigenvalue weighted by atomic mass is 32.2. The fraction of sp³-hybridized carbons (Fsp3) is 0. The number of hydrogen-bond donors (Lipinski definition) is 2. The molecular weight excluding hydrogens is 643 g/mol. The van der Waals surface area contributed by atoms with Gasteiger partial charge in [-0.2, -0.15) is 0 Å². The Balaban J connectivity index is 1.17. The van der Waals surface area contributed by atoms with Crippen LogP contribution < -0.4 is 10.2 Å². The monoisotopic (exact) mass is 672 g/mol. The van der Waals surface area contributed by atoms with E-state index in [2.05, 4.69) is 10.2 Å². The zero-order chi connectivity index (χ0) is 31.4. The van der Waals surface area contributed by atoms with Gasteiger partial charge in [-0.3, -0.25) is 9.13 Å². The maximum absolute atomic E-state index is 14.4. The third kappa shape index (κ3) is 7.12. The molecule has 7 rings (SSSR count). The topological polar surface area (TPSA) is 58.2 Å². The first-order valence-electron chi connectivity index (χ1n) is 14.8. The van der Waals surface area contributed by atoms with Gasteiger partial charge in [-0.15, -0.1) is 0 Å². The summed E-state index contributed by atoms with van der Waals surface area (Å²) in [5.74, 6) is 7.43. The molecule has 0 unspecified atom stereocenters. The first-order chi connectivity index (χ1) is 22.4. The predicted molar refractivity (Wildman–Crippen MR) is 202 cm³/mol. The molecule has 2 heterocycles. The average molecular weight is 673 g/mol. The van der Waals surface area contributed by atoms with Crippen molar-refractivity contribution in [1.29, 1.82) is 0 Å². The number of benzene rings is 5. The SMILES string of the molecule is O=P1(Nc2ccc(NP3(=O)C=C(c4ccccc4)SC(c4ccccc4)=C3)cc2)C=C(c2ccccc2)SC(c2ccccc2)=C1. The number of nitrogens with one attached hydrogen (secondary N) is 2. The maximum atomic E-state index is 14.4. The Kier molecular flexibility index (Phi) is 8.80. The summed E-state index contributed by atoms with van der Waals surface area (Å²) in [5.41, 5.74) is 5.53. The molecule has 0 bridgehead atoms. The van der Waals surface area contributed by atoms with Crippen LogP contribution in [0, 0.1) is 0 Å². The third-order valence-electron chi connectivity index (χ3n) is 7.40. The highest BCUT2D eigenvalue weighted by molar-refractivity contribution is 8.18. The van der Waals surface area contributed by atoms with Crippen LogP contribution in [0.2, 0.25) is 0 Å². The summed E-state index contributed by atoms with van der Waals surface area (Å²) in [6, 6.07) is 47.7. The van der Waals surface area contributed by atoms with Crippen LogP contribution in [0.3, 0.4) is 0 Å². The van der Waals surface area contributed by atoms with E-state index in [-0.39, 0.29) is 0 Å². The van der Waals surface area contributed by atoms with Gasteiger partial charge in [-0.25, -0.2) is 0 Å². The van der Waals surface area contributed by atoms with Gasteiger partial charge in [0.05, 0.1) is 0 Å². The van der Waals surface area contributed by atoms with Gasteiger partial charge >= 0.3 is 0 Å². The molecule has 4 nitrogen and oxygen atoms in total. The fourth-order valence-corrected chi connectivity index (χ4v) is 12.9. The molecule has 0 spiro atoms. The van der Waals surface area contributed by atoms with Gasteiger partial charge in [-0.05, 0) is 46.5 Å². The van der Waals surface area contributed by atoms with Crippen molar-refractivity contribution in [2.75, 3.05) is 10.2 Å². The second-order valence-corrected chi connectivity index (χ2v) is 17.3. The lowest BCUT2D eigenvalue weighted by molar-refractivity contribution is 0.588. The van der Waals surface area contributed by atoms with Crippen LogP contribution in [0.5, 0.6) is 0 Å². The van der Waals surface area contributed by atoms with Crippen molar-refractivity contribution in [1.82, 2.24) is 0 Å². The van der Waals surface area contributed by atoms with Crippen LogP contribution in [0.25, 0.3) is 19.6 Å². The fourth-order valence-electron chi connectivity index (χ4n) is 5.21. The van der Waals surface area contributed by atoms with Crippen LogP contribution in [-0.2, 0) is 9.13 Å². The van der Waals surface area contributed by atoms with Crippen LogP contribution in [0.1, 0.15) is 22.3 Å². The molecule has 0 aliphatic carbocycles. The minimum atomic E-state index is -3.12. The van der Waals surface area contributed by atoms with Crippen LogP contribution >= 0.6 is 38.1 Å². The van der Waals surface area contributed by atoms with Crippen LogP contribution in [0.15, 0.2) is 169 Å². The van der Waals surface area contributed by atoms with Gasteiger partial charge in [0.2, 0.25) is 14.6 Å².